The van der Waals surface area contributed by atoms with E-state index < -0.39 is 5.97 Å². The van der Waals surface area contributed by atoms with Gasteiger partial charge in [-0.15, -0.1) is 11.8 Å². The first-order valence-electron chi connectivity index (χ1n) is 8.85. The van der Waals surface area contributed by atoms with E-state index >= 15 is 0 Å². The number of hydrogen-bond donors (Lipinski definition) is 1. The number of rotatable bonds is 10. The van der Waals surface area contributed by atoms with Gasteiger partial charge in [-0.2, -0.15) is 0 Å². The van der Waals surface area contributed by atoms with Crippen LogP contribution in [0, 0.1) is 0 Å². The molecule has 0 radical (unpaired) electrons. The van der Waals surface area contributed by atoms with Crippen molar-refractivity contribution in [2.24, 2.45) is 0 Å². The van der Waals surface area contributed by atoms with E-state index in [1.165, 1.54) is 0 Å². The highest BCUT2D eigenvalue weighted by Gasteiger charge is 2.10. The van der Waals surface area contributed by atoms with Gasteiger partial charge in [0.2, 0.25) is 5.91 Å². The van der Waals surface area contributed by atoms with Crippen molar-refractivity contribution in [2.45, 2.75) is 31.1 Å². The molecule has 5 nitrogen and oxygen atoms in total. The first-order valence-corrected chi connectivity index (χ1v) is 9.83. The van der Waals surface area contributed by atoms with E-state index in [9.17, 15) is 14.4 Å². The summed E-state index contributed by atoms with van der Waals surface area (Å²) in [7, 11) is 0. The summed E-state index contributed by atoms with van der Waals surface area (Å²) in [6.07, 6.45) is 1.48. The maximum atomic E-state index is 12.1. The van der Waals surface area contributed by atoms with Crippen molar-refractivity contribution >= 4 is 35.1 Å². The first kappa shape index (κ1) is 20.7. The van der Waals surface area contributed by atoms with Crippen molar-refractivity contribution in [2.75, 3.05) is 17.7 Å². The third-order valence-electron chi connectivity index (χ3n) is 3.65. The Bertz CT molecular complexity index is 760. The van der Waals surface area contributed by atoms with Gasteiger partial charge in [-0.05, 0) is 42.8 Å². The van der Waals surface area contributed by atoms with Crippen LogP contribution < -0.4 is 5.32 Å². The van der Waals surface area contributed by atoms with Gasteiger partial charge in [-0.3, -0.25) is 14.4 Å². The Morgan fingerprint density at radius 2 is 1.67 bits per heavy atom. The molecule has 1 amide bonds. The molecule has 0 saturated carbocycles. The summed E-state index contributed by atoms with van der Waals surface area (Å²) in [6.45, 7) is 1.65. The van der Waals surface area contributed by atoms with Gasteiger partial charge in [-0.1, -0.05) is 25.1 Å². The van der Waals surface area contributed by atoms with Gasteiger partial charge < -0.3 is 10.1 Å². The zero-order chi connectivity index (χ0) is 19.5. The lowest BCUT2D eigenvalue weighted by molar-refractivity contribution is -0.142. The van der Waals surface area contributed by atoms with Crippen LogP contribution in [0.4, 0.5) is 5.69 Å². The zero-order valence-corrected chi connectivity index (χ0v) is 16.1. The quantitative estimate of drug-likeness (QED) is 0.374. The second-order valence-corrected chi connectivity index (χ2v) is 7.04. The first-order chi connectivity index (χ1) is 13.1. The minimum absolute atomic E-state index is 0.0566. The molecule has 142 valence electrons. The normalized spacial score (nSPS) is 10.3. The van der Waals surface area contributed by atoms with Crippen LogP contribution in [-0.2, 0) is 14.3 Å². The van der Waals surface area contributed by atoms with Crippen molar-refractivity contribution in [1.82, 2.24) is 0 Å². The van der Waals surface area contributed by atoms with Gasteiger partial charge in [0, 0.05) is 28.3 Å². The molecule has 0 fully saturated rings. The van der Waals surface area contributed by atoms with Crippen LogP contribution >= 0.6 is 11.8 Å². The molecule has 0 spiro atoms. The van der Waals surface area contributed by atoms with Crippen molar-refractivity contribution in [3.63, 3.8) is 0 Å². The van der Waals surface area contributed by atoms with Crippen LogP contribution in [0.15, 0.2) is 59.5 Å². The minimum Gasteiger partial charge on any atom is -0.457 e. The van der Waals surface area contributed by atoms with E-state index in [0.717, 1.165) is 11.3 Å². The van der Waals surface area contributed by atoms with Gasteiger partial charge in [0.05, 0.1) is 6.42 Å². The van der Waals surface area contributed by atoms with Gasteiger partial charge in [0.1, 0.15) is 0 Å². The standard InChI is InChI=1S/C21H23NO4S/c1-2-6-20(24)22-17-11-9-16(10-12-17)19(23)15-26-21(25)13-14-27-18-7-4-3-5-8-18/h3-5,7-12H,2,6,13-15H2,1H3,(H,22,24). The number of carbonyl (C=O) groups excluding carboxylic acids is 3. The topological polar surface area (TPSA) is 72.5 Å². The number of ketones is 1. The molecule has 0 aliphatic rings. The van der Waals surface area contributed by atoms with Gasteiger partial charge in [0.15, 0.2) is 12.4 Å². The summed E-state index contributed by atoms with van der Waals surface area (Å²) in [5.41, 5.74) is 1.08. The molecular weight excluding hydrogens is 362 g/mol. The minimum atomic E-state index is -0.393. The molecule has 2 rings (SSSR count). The molecule has 27 heavy (non-hydrogen) atoms. The summed E-state index contributed by atoms with van der Waals surface area (Å²) in [6, 6.07) is 16.3. The summed E-state index contributed by atoms with van der Waals surface area (Å²) in [4.78, 5) is 36.5. The van der Waals surface area contributed by atoms with Crippen LogP contribution in [0.1, 0.15) is 36.5 Å². The fraction of sp³-hybridized carbons (Fsp3) is 0.286. The molecule has 0 saturated heterocycles. The zero-order valence-electron chi connectivity index (χ0n) is 15.3. The number of thioether (sulfide) groups is 1. The Hall–Kier alpha value is -2.60. The summed E-state index contributed by atoms with van der Waals surface area (Å²) in [5.74, 6) is -0.122. The predicted octanol–water partition coefficient (Wildman–Crippen LogP) is 4.33. The second-order valence-electron chi connectivity index (χ2n) is 5.87. The maximum absolute atomic E-state index is 12.1. The summed E-state index contributed by atoms with van der Waals surface area (Å²) in [5, 5.41) is 2.76. The predicted molar refractivity (Wildman–Crippen MR) is 107 cm³/mol. The number of benzene rings is 2. The Kier molecular flexibility index (Phi) is 8.58. The molecule has 0 heterocycles. The molecule has 0 atom stereocenters. The highest BCUT2D eigenvalue weighted by Crippen LogP contribution is 2.18. The summed E-state index contributed by atoms with van der Waals surface area (Å²) < 4.78 is 5.05. The molecule has 0 aromatic heterocycles. The van der Waals surface area contributed by atoms with Crippen molar-refractivity contribution in [3.8, 4) is 0 Å². The van der Waals surface area contributed by atoms with Crippen LogP contribution in [0.2, 0.25) is 0 Å². The molecule has 2 aromatic rings. The smallest absolute Gasteiger partial charge is 0.307 e. The number of esters is 1. The van der Waals surface area contributed by atoms with Crippen LogP contribution in [-0.4, -0.2) is 30.0 Å². The van der Waals surface area contributed by atoms with E-state index in [2.05, 4.69) is 5.32 Å². The highest BCUT2D eigenvalue weighted by molar-refractivity contribution is 7.99. The van der Waals surface area contributed by atoms with Gasteiger partial charge >= 0.3 is 5.97 Å². The van der Waals surface area contributed by atoms with E-state index in [-0.39, 0.29) is 24.7 Å². The van der Waals surface area contributed by atoms with E-state index in [4.69, 9.17) is 4.74 Å². The average Bonchev–Trinajstić information content (AvgIpc) is 2.68. The molecule has 0 bridgehead atoms. The van der Waals surface area contributed by atoms with E-state index in [0.29, 0.717) is 23.4 Å². The molecule has 6 heteroatoms. The maximum Gasteiger partial charge on any atom is 0.307 e. The van der Waals surface area contributed by atoms with Gasteiger partial charge in [-0.25, -0.2) is 0 Å². The summed E-state index contributed by atoms with van der Waals surface area (Å²) >= 11 is 1.57. The number of amides is 1. The number of Topliss-reactive ketones (excluding diaryl/α,β-unsaturated/α-hetero) is 1. The van der Waals surface area contributed by atoms with Crippen LogP contribution in [0.5, 0.6) is 0 Å². The van der Waals surface area contributed by atoms with E-state index in [1.54, 1.807) is 36.0 Å². The Balaban J connectivity index is 1.71. The molecule has 2 aromatic carbocycles. The highest BCUT2D eigenvalue weighted by atomic mass is 32.2. The lowest BCUT2D eigenvalue weighted by atomic mass is 10.1. The fourth-order valence-corrected chi connectivity index (χ4v) is 3.11. The third kappa shape index (κ3) is 7.66. The SMILES string of the molecule is CCCC(=O)Nc1ccc(C(=O)COC(=O)CCSc2ccccc2)cc1. The number of carbonyl (C=O) groups is 3. The van der Waals surface area contributed by atoms with Gasteiger partial charge in [0.25, 0.3) is 0 Å². The molecule has 0 aliphatic carbocycles. The second kappa shape index (κ2) is 11.2. The molecule has 0 unspecified atom stereocenters. The van der Waals surface area contributed by atoms with Crippen molar-refractivity contribution < 1.29 is 19.1 Å². The number of ether oxygens (including phenoxy) is 1. The van der Waals surface area contributed by atoms with Crippen LogP contribution in [0.25, 0.3) is 0 Å². The monoisotopic (exact) mass is 385 g/mol. The van der Waals surface area contributed by atoms with Crippen molar-refractivity contribution in [3.05, 3.63) is 60.2 Å². The van der Waals surface area contributed by atoms with Crippen LogP contribution in [0.3, 0.4) is 0 Å². The molecular formula is C21H23NO4S. The van der Waals surface area contributed by atoms with E-state index in [1.807, 2.05) is 37.3 Å². The largest absolute Gasteiger partial charge is 0.457 e. The average molecular weight is 385 g/mol. The Morgan fingerprint density at radius 1 is 0.963 bits per heavy atom. The number of nitrogens with one attached hydrogen (secondary N) is 1. The molecule has 0 aliphatic heterocycles. The van der Waals surface area contributed by atoms with Crippen molar-refractivity contribution in [1.29, 1.82) is 0 Å². The third-order valence-corrected chi connectivity index (χ3v) is 4.66. The number of hydrogen-bond acceptors (Lipinski definition) is 5. The Morgan fingerprint density at radius 3 is 2.33 bits per heavy atom. The number of anilines is 1. The lowest BCUT2D eigenvalue weighted by Crippen LogP contribution is -2.15. The Labute approximate surface area is 163 Å². The molecule has 1 N–H and O–H groups in total. The fourth-order valence-electron chi connectivity index (χ4n) is 2.26. The lowest BCUT2D eigenvalue weighted by Gasteiger charge is -2.07.